The van der Waals surface area contributed by atoms with Gasteiger partial charge < -0.3 is 19.5 Å². The van der Waals surface area contributed by atoms with Crippen molar-refractivity contribution in [3.63, 3.8) is 0 Å². The van der Waals surface area contributed by atoms with E-state index in [0.29, 0.717) is 24.5 Å². The highest BCUT2D eigenvalue weighted by Gasteiger charge is 2.26. The van der Waals surface area contributed by atoms with Gasteiger partial charge in [-0.3, -0.25) is 4.98 Å². The van der Waals surface area contributed by atoms with Crippen molar-refractivity contribution in [1.82, 2.24) is 9.29 Å². The minimum Gasteiger partial charge on any atom is -0.497 e. The van der Waals surface area contributed by atoms with Crippen molar-refractivity contribution in [2.45, 2.75) is 37.2 Å². The van der Waals surface area contributed by atoms with Crippen molar-refractivity contribution in [3.8, 4) is 17.2 Å². The number of sulfonamides is 1. The van der Waals surface area contributed by atoms with Crippen LogP contribution in [0.2, 0.25) is 0 Å². The van der Waals surface area contributed by atoms with E-state index >= 15 is 0 Å². The fraction of sp³-hybridized carbons (Fsp3) is 0.300. The third kappa shape index (κ3) is 6.79. The number of hydrogen-bond donors (Lipinski definition) is 1. The number of methoxy groups -OCH3 is 3. The van der Waals surface area contributed by atoms with Crippen LogP contribution in [0, 0.1) is 0 Å². The standard InChI is InChI=1S/C30H35N3O5S/c1-22(32-28-20-26(37-3)19-23-11-7-17-31-30(23)28)9-8-18-33(21-24-10-5-6-12-29(24)38-4)39(34,35)27-15-13-25(36-2)14-16-27/h5-7,10-17,19-20,22,32H,8-9,18,21H2,1-4H3. The maximum Gasteiger partial charge on any atom is 0.243 e. The number of anilines is 1. The molecule has 0 aliphatic rings. The summed E-state index contributed by atoms with van der Waals surface area (Å²) in [5.41, 5.74) is 2.55. The predicted molar refractivity (Wildman–Crippen MR) is 154 cm³/mol. The van der Waals surface area contributed by atoms with Crippen molar-refractivity contribution >= 4 is 26.6 Å². The molecule has 4 rings (SSSR count). The number of ether oxygens (including phenoxy) is 3. The Hall–Kier alpha value is -3.82. The zero-order valence-corrected chi connectivity index (χ0v) is 23.6. The monoisotopic (exact) mass is 549 g/mol. The second-order valence-electron chi connectivity index (χ2n) is 9.26. The van der Waals surface area contributed by atoms with Gasteiger partial charge in [0, 0.05) is 42.3 Å². The summed E-state index contributed by atoms with van der Waals surface area (Å²) in [6, 6.07) is 21.8. The fourth-order valence-electron chi connectivity index (χ4n) is 4.51. The van der Waals surface area contributed by atoms with Gasteiger partial charge in [-0.1, -0.05) is 24.3 Å². The molecule has 0 bridgehead atoms. The van der Waals surface area contributed by atoms with Gasteiger partial charge >= 0.3 is 0 Å². The van der Waals surface area contributed by atoms with Gasteiger partial charge in [-0.15, -0.1) is 0 Å². The number of rotatable bonds is 13. The normalized spacial score (nSPS) is 12.3. The van der Waals surface area contributed by atoms with Gasteiger partial charge in [-0.2, -0.15) is 4.31 Å². The van der Waals surface area contributed by atoms with Crippen LogP contribution in [0.25, 0.3) is 10.9 Å². The molecule has 1 aromatic heterocycles. The second-order valence-corrected chi connectivity index (χ2v) is 11.2. The molecule has 1 unspecified atom stereocenters. The highest BCUT2D eigenvalue weighted by atomic mass is 32.2. The Morgan fingerprint density at radius 3 is 2.36 bits per heavy atom. The van der Waals surface area contributed by atoms with Gasteiger partial charge in [0.05, 0.1) is 37.4 Å². The van der Waals surface area contributed by atoms with Crippen molar-refractivity contribution in [3.05, 3.63) is 84.6 Å². The highest BCUT2D eigenvalue weighted by molar-refractivity contribution is 7.89. The molecule has 1 heterocycles. The average Bonchev–Trinajstić information content (AvgIpc) is 2.96. The number of para-hydroxylation sites is 1. The molecule has 0 saturated carbocycles. The Morgan fingerprint density at radius 1 is 0.897 bits per heavy atom. The van der Waals surface area contributed by atoms with Crippen LogP contribution in [0.15, 0.2) is 83.9 Å². The fourth-order valence-corrected chi connectivity index (χ4v) is 5.97. The Kier molecular flexibility index (Phi) is 9.27. The molecule has 0 amide bonds. The Bertz CT molecular complexity index is 1490. The number of nitrogens with zero attached hydrogens (tertiary/aromatic N) is 2. The molecule has 4 aromatic rings. The Labute approximate surface area is 230 Å². The van der Waals surface area contributed by atoms with Crippen LogP contribution in [0.3, 0.4) is 0 Å². The van der Waals surface area contributed by atoms with Crippen LogP contribution in [0.5, 0.6) is 17.2 Å². The summed E-state index contributed by atoms with van der Waals surface area (Å²) in [7, 11) is 1.02. The van der Waals surface area contributed by atoms with Gasteiger partial charge in [0.15, 0.2) is 0 Å². The zero-order valence-electron chi connectivity index (χ0n) is 22.8. The number of nitrogens with one attached hydrogen (secondary N) is 1. The maximum atomic E-state index is 13.7. The summed E-state index contributed by atoms with van der Waals surface area (Å²) >= 11 is 0. The van der Waals surface area contributed by atoms with E-state index < -0.39 is 10.0 Å². The molecule has 206 valence electrons. The largest absolute Gasteiger partial charge is 0.497 e. The summed E-state index contributed by atoms with van der Waals surface area (Å²) in [5, 5.41) is 4.53. The van der Waals surface area contributed by atoms with Crippen LogP contribution >= 0.6 is 0 Å². The third-order valence-electron chi connectivity index (χ3n) is 6.60. The number of benzene rings is 3. The van der Waals surface area contributed by atoms with E-state index in [2.05, 4.69) is 17.2 Å². The molecule has 0 aliphatic heterocycles. The van der Waals surface area contributed by atoms with Gasteiger partial charge in [-0.05, 0) is 62.2 Å². The smallest absolute Gasteiger partial charge is 0.243 e. The summed E-state index contributed by atoms with van der Waals surface area (Å²) in [6.45, 7) is 2.62. The highest BCUT2D eigenvalue weighted by Crippen LogP contribution is 2.29. The van der Waals surface area contributed by atoms with E-state index in [9.17, 15) is 8.42 Å². The predicted octanol–water partition coefficient (Wildman–Crippen LogP) is 5.73. The van der Waals surface area contributed by atoms with Gasteiger partial charge in [0.25, 0.3) is 0 Å². The quantitative estimate of drug-likeness (QED) is 0.228. The second kappa shape index (κ2) is 12.8. The lowest BCUT2D eigenvalue weighted by Gasteiger charge is -2.24. The van der Waals surface area contributed by atoms with E-state index in [4.69, 9.17) is 14.2 Å². The molecular formula is C30H35N3O5S. The maximum absolute atomic E-state index is 13.7. The van der Waals surface area contributed by atoms with E-state index in [0.717, 1.165) is 34.3 Å². The molecule has 1 N–H and O–H groups in total. The summed E-state index contributed by atoms with van der Waals surface area (Å²) in [5.74, 6) is 2.00. The molecule has 1 atom stereocenters. The molecule has 0 saturated heterocycles. The first-order valence-corrected chi connectivity index (χ1v) is 14.2. The van der Waals surface area contributed by atoms with E-state index in [1.54, 1.807) is 51.8 Å². The number of hydrogen-bond acceptors (Lipinski definition) is 7. The molecule has 0 spiro atoms. The van der Waals surface area contributed by atoms with Crippen LogP contribution < -0.4 is 19.5 Å². The minimum atomic E-state index is -3.77. The number of pyridine rings is 1. The van der Waals surface area contributed by atoms with Crippen molar-refractivity contribution in [2.24, 2.45) is 0 Å². The lowest BCUT2D eigenvalue weighted by atomic mass is 10.1. The van der Waals surface area contributed by atoms with Crippen molar-refractivity contribution in [2.75, 3.05) is 33.2 Å². The minimum absolute atomic E-state index is 0.0686. The molecule has 3 aromatic carbocycles. The molecule has 8 nitrogen and oxygen atoms in total. The third-order valence-corrected chi connectivity index (χ3v) is 8.46. The molecule has 0 fully saturated rings. The topological polar surface area (TPSA) is 90.0 Å². The zero-order chi connectivity index (χ0) is 27.8. The first kappa shape index (κ1) is 28.2. The number of fused-ring (bicyclic) bond motifs is 1. The SMILES string of the molecule is COc1ccc(S(=O)(=O)N(CCCC(C)Nc2cc(OC)cc3cccnc23)Cc2ccccc2OC)cc1. The molecule has 9 heteroatoms. The van der Waals surface area contributed by atoms with E-state index in [1.165, 1.54) is 4.31 Å². The molecular weight excluding hydrogens is 514 g/mol. The van der Waals surface area contributed by atoms with Crippen LogP contribution in [-0.4, -0.2) is 51.6 Å². The Morgan fingerprint density at radius 2 is 1.64 bits per heavy atom. The average molecular weight is 550 g/mol. The molecule has 0 radical (unpaired) electrons. The summed E-state index contributed by atoms with van der Waals surface area (Å²) in [6.07, 6.45) is 3.16. The van der Waals surface area contributed by atoms with Crippen molar-refractivity contribution < 1.29 is 22.6 Å². The van der Waals surface area contributed by atoms with E-state index in [1.807, 2.05) is 48.5 Å². The van der Waals surface area contributed by atoms with E-state index in [-0.39, 0.29) is 17.5 Å². The Balaban J connectivity index is 1.51. The first-order chi connectivity index (χ1) is 18.8. The van der Waals surface area contributed by atoms with Gasteiger partial charge in [0.2, 0.25) is 10.0 Å². The molecule has 0 aliphatic carbocycles. The number of aromatic nitrogens is 1. The van der Waals surface area contributed by atoms with Crippen LogP contribution in [-0.2, 0) is 16.6 Å². The van der Waals surface area contributed by atoms with Crippen molar-refractivity contribution in [1.29, 1.82) is 0 Å². The first-order valence-electron chi connectivity index (χ1n) is 12.8. The lowest BCUT2D eigenvalue weighted by molar-refractivity contribution is 0.371. The van der Waals surface area contributed by atoms with Gasteiger partial charge in [-0.25, -0.2) is 8.42 Å². The van der Waals surface area contributed by atoms with Crippen LogP contribution in [0.1, 0.15) is 25.3 Å². The lowest BCUT2D eigenvalue weighted by Crippen LogP contribution is -2.32. The summed E-state index contributed by atoms with van der Waals surface area (Å²) < 4.78 is 45.1. The summed E-state index contributed by atoms with van der Waals surface area (Å²) in [4.78, 5) is 4.75. The van der Waals surface area contributed by atoms with Crippen LogP contribution in [0.4, 0.5) is 5.69 Å². The van der Waals surface area contributed by atoms with Gasteiger partial charge in [0.1, 0.15) is 17.2 Å². The molecule has 39 heavy (non-hydrogen) atoms.